The van der Waals surface area contributed by atoms with Crippen LogP contribution in [0.2, 0.25) is 0 Å². The van der Waals surface area contributed by atoms with Crippen molar-refractivity contribution in [2.45, 2.75) is 25.4 Å². The molecule has 1 aromatic carbocycles. The highest BCUT2D eigenvalue weighted by molar-refractivity contribution is 5.82. The first-order valence-electron chi connectivity index (χ1n) is 10.6. The normalized spacial score (nSPS) is 15.0. The first kappa shape index (κ1) is 19.7. The third-order valence-corrected chi connectivity index (χ3v) is 5.77. The van der Waals surface area contributed by atoms with Gasteiger partial charge >= 0.3 is 0 Å². The standard InChI is InChI=1S/C22H26N8O/c1-31-11-10-29-19-5-3-2-4-17(19)28-22(29)20-21(23)25-13-18(27-20)15-12-26-30(14-15)16-6-8-24-9-7-16/h2-5,12-14,16,24H,6-11H2,1H3,(H2,23,25). The summed E-state index contributed by atoms with van der Waals surface area (Å²) in [5.74, 6) is 1.04. The summed E-state index contributed by atoms with van der Waals surface area (Å²) in [7, 11) is 1.69. The van der Waals surface area contributed by atoms with Crippen molar-refractivity contribution < 1.29 is 4.74 Å². The summed E-state index contributed by atoms with van der Waals surface area (Å²) in [5, 5.41) is 7.98. The fourth-order valence-corrected chi connectivity index (χ4v) is 4.11. The minimum atomic E-state index is 0.350. The second-order valence-electron chi connectivity index (χ2n) is 7.75. The quantitative estimate of drug-likeness (QED) is 0.495. The number of hydrogen-bond acceptors (Lipinski definition) is 7. The van der Waals surface area contributed by atoms with E-state index < -0.39 is 0 Å². The molecule has 3 aromatic heterocycles. The van der Waals surface area contributed by atoms with E-state index in [2.05, 4.69) is 20.0 Å². The van der Waals surface area contributed by atoms with E-state index in [-0.39, 0.29) is 0 Å². The lowest BCUT2D eigenvalue weighted by molar-refractivity contribution is 0.188. The van der Waals surface area contributed by atoms with Crippen LogP contribution in [0.15, 0.2) is 42.9 Å². The molecule has 31 heavy (non-hydrogen) atoms. The van der Waals surface area contributed by atoms with Crippen LogP contribution in [-0.2, 0) is 11.3 Å². The lowest BCUT2D eigenvalue weighted by Crippen LogP contribution is -2.29. The summed E-state index contributed by atoms with van der Waals surface area (Å²) >= 11 is 0. The minimum Gasteiger partial charge on any atom is -0.383 e. The van der Waals surface area contributed by atoms with E-state index in [1.165, 1.54) is 0 Å². The van der Waals surface area contributed by atoms with Gasteiger partial charge in [0.2, 0.25) is 0 Å². The zero-order chi connectivity index (χ0) is 21.2. The molecule has 4 heterocycles. The van der Waals surface area contributed by atoms with E-state index in [9.17, 15) is 0 Å². The summed E-state index contributed by atoms with van der Waals surface area (Å²) < 4.78 is 9.44. The predicted octanol–water partition coefficient (Wildman–Crippen LogP) is 2.51. The van der Waals surface area contributed by atoms with Gasteiger partial charge in [-0.25, -0.2) is 15.0 Å². The van der Waals surface area contributed by atoms with Gasteiger partial charge < -0.3 is 20.4 Å². The van der Waals surface area contributed by atoms with Gasteiger partial charge in [-0.3, -0.25) is 4.68 Å². The number of piperidine rings is 1. The summed E-state index contributed by atoms with van der Waals surface area (Å²) in [6.45, 7) is 3.24. The van der Waals surface area contributed by atoms with E-state index in [0.29, 0.717) is 36.5 Å². The molecular weight excluding hydrogens is 392 g/mol. The third kappa shape index (κ3) is 3.77. The fraction of sp³-hybridized carbons (Fsp3) is 0.364. The Morgan fingerprint density at radius 2 is 2.00 bits per heavy atom. The van der Waals surface area contributed by atoms with Crippen LogP contribution in [0.3, 0.4) is 0 Å². The first-order valence-corrected chi connectivity index (χ1v) is 10.6. The molecule has 1 fully saturated rings. The Labute approximate surface area is 180 Å². The van der Waals surface area contributed by atoms with Crippen molar-refractivity contribution in [3.8, 4) is 22.8 Å². The molecule has 160 valence electrons. The molecule has 0 spiro atoms. The van der Waals surface area contributed by atoms with Crippen molar-refractivity contribution in [2.24, 2.45) is 0 Å². The van der Waals surface area contributed by atoms with Gasteiger partial charge in [0.25, 0.3) is 0 Å². The van der Waals surface area contributed by atoms with Crippen LogP contribution >= 0.6 is 0 Å². The average molecular weight is 419 g/mol. The first-order chi connectivity index (χ1) is 15.2. The van der Waals surface area contributed by atoms with Gasteiger partial charge in [-0.15, -0.1) is 0 Å². The Morgan fingerprint density at radius 3 is 2.84 bits per heavy atom. The van der Waals surface area contributed by atoms with Crippen molar-refractivity contribution >= 4 is 16.9 Å². The number of aromatic nitrogens is 6. The number of nitrogen functional groups attached to an aromatic ring is 1. The van der Waals surface area contributed by atoms with E-state index in [1.807, 2.05) is 41.3 Å². The van der Waals surface area contributed by atoms with Gasteiger partial charge in [0.1, 0.15) is 5.69 Å². The molecule has 0 unspecified atom stereocenters. The lowest BCUT2D eigenvalue weighted by Gasteiger charge is -2.22. The molecule has 0 bridgehead atoms. The number of methoxy groups -OCH3 is 1. The highest BCUT2D eigenvalue weighted by atomic mass is 16.5. The number of nitrogens with two attached hydrogens (primary N) is 1. The zero-order valence-electron chi connectivity index (χ0n) is 17.5. The second-order valence-corrected chi connectivity index (χ2v) is 7.75. The summed E-state index contributed by atoms with van der Waals surface area (Å²) in [5.41, 5.74) is 10.4. The molecule has 0 radical (unpaired) electrons. The molecule has 0 atom stereocenters. The molecule has 1 aliphatic heterocycles. The molecule has 1 aliphatic rings. The molecular formula is C22H26N8O. The van der Waals surface area contributed by atoms with Crippen molar-refractivity contribution in [3.63, 3.8) is 0 Å². The van der Waals surface area contributed by atoms with Crippen LogP contribution in [0.4, 0.5) is 5.82 Å². The number of nitrogens with zero attached hydrogens (tertiary/aromatic N) is 6. The summed E-state index contributed by atoms with van der Waals surface area (Å²) in [6.07, 6.45) is 7.74. The Bertz CT molecular complexity index is 1190. The predicted molar refractivity (Wildman–Crippen MR) is 119 cm³/mol. The number of benzene rings is 1. The highest BCUT2D eigenvalue weighted by Gasteiger charge is 2.20. The number of rotatable bonds is 6. The molecule has 4 aromatic rings. The maximum Gasteiger partial charge on any atom is 0.163 e. The number of fused-ring (bicyclic) bond motifs is 1. The van der Waals surface area contributed by atoms with Crippen LogP contribution in [0, 0.1) is 0 Å². The van der Waals surface area contributed by atoms with Gasteiger partial charge in [0, 0.05) is 25.4 Å². The van der Waals surface area contributed by atoms with Crippen LogP contribution in [-0.4, -0.2) is 56.1 Å². The lowest BCUT2D eigenvalue weighted by atomic mass is 10.1. The molecule has 0 aliphatic carbocycles. The Kier molecular flexibility index (Phi) is 5.35. The SMILES string of the molecule is COCCn1c(-c2nc(-c3cnn(C4CCNCC4)c3)cnc2N)nc2ccccc21. The van der Waals surface area contributed by atoms with Crippen molar-refractivity contribution in [1.82, 2.24) is 34.6 Å². The Hall–Kier alpha value is -3.30. The molecule has 3 N–H and O–H groups in total. The van der Waals surface area contributed by atoms with Crippen LogP contribution in [0.5, 0.6) is 0 Å². The van der Waals surface area contributed by atoms with Gasteiger partial charge in [0.15, 0.2) is 11.6 Å². The van der Waals surface area contributed by atoms with E-state index >= 15 is 0 Å². The van der Waals surface area contributed by atoms with Gasteiger partial charge in [-0.1, -0.05) is 12.1 Å². The van der Waals surface area contributed by atoms with Crippen LogP contribution in [0.25, 0.3) is 33.8 Å². The molecule has 0 amide bonds. The zero-order valence-corrected chi connectivity index (χ0v) is 17.5. The number of imidazole rings is 1. The van der Waals surface area contributed by atoms with E-state index in [0.717, 1.165) is 48.2 Å². The van der Waals surface area contributed by atoms with Crippen molar-refractivity contribution in [2.75, 3.05) is 32.5 Å². The molecule has 5 rings (SSSR count). The maximum atomic E-state index is 6.26. The Morgan fingerprint density at radius 1 is 1.16 bits per heavy atom. The highest BCUT2D eigenvalue weighted by Crippen LogP contribution is 2.29. The molecule has 0 saturated carbocycles. The van der Waals surface area contributed by atoms with Gasteiger partial charge in [-0.05, 0) is 38.1 Å². The number of nitrogens with one attached hydrogen (secondary N) is 1. The largest absolute Gasteiger partial charge is 0.383 e. The van der Waals surface area contributed by atoms with Crippen LogP contribution < -0.4 is 11.1 Å². The maximum absolute atomic E-state index is 6.26. The van der Waals surface area contributed by atoms with Crippen LogP contribution in [0.1, 0.15) is 18.9 Å². The minimum absolute atomic E-state index is 0.350. The fourth-order valence-electron chi connectivity index (χ4n) is 4.11. The van der Waals surface area contributed by atoms with Gasteiger partial charge in [-0.2, -0.15) is 5.10 Å². The number of anilines is 1. The monoisotopic (exact) mass is 418 g/mol. The van der Waals surface area contributed by atoms with Crippen molar-refractivity contribution in [3.05, 3.63) is 42.9 Å². The van der Waals surface area contributed by atoms with Gasteiger partial charge in [0.05, 0.1) is 41.8 Å². The third-order valence-electron chi connectivity index (χ3n) is 5.77. The second kappa shape index (κ2) is 8.44. The smallest absolute Gasteiger partial charge is 0.163 e. The topological polar surface area (TPSA) is 109 Å². The van der Waals surface area contributed by atoms with E-state index in [4.69, 9.17) is 20.4 Å². The van der Waals surface area contributed by atoms with E-state index in [1.54, 1.807) is 13.3 Å². The Balaban J connectivity index is 1.55. The summed E-state index contributed by atoms with van der Waals surface area (Å²) in [4.78, 5) is 14.1. The molecule has 1 saturated heterocycles. The average Bonchev–Trinajstić information content (AvgIpc) is 3.44. The molecule has 9 heteroatoms. The molecule has 9 nitrogen and oxygen atoms in total. The van der Waals surface area contributed by atoms with Crippen molar-refractivity contribution in [1.29, 1.82) is 0 Å². The number of hydrogen-bond donors (Lipinski definition) is 2. The summed E-state index contributed by atoms with van der Waals surface area (Å²) in [6, 6.07) is 8.41. The number of ether oxygens (including phenoxy) is 1. The number of para-hydroxylation sites is 2.